The molecule has 7 nitrogen and oxygen atoms in total. The first-order valence-electron chi connectivity index (χ1n) is 9.76. The Morgan fingerprint density at radius 3 is 2.73 bits per heavy atom. The van der Waals surface area contributed by atoms with E-state index in [2.05, 4.69) is 20.5 Å². The van der Waals surface area contributed by atoms with Gasteiger partial charge in [-0.25, -0.2) is 4.39 Å². The fourth-order valence-corrected chi connectivity index (χ4v) is 3.86. The maximum absolute atomic E-state index is 14.7. The number of pyridine rings is 1. The number of hydrogen-bond acceptors (Lipinski definition) is 7. The topological polar surface area (TPSA) is 86.2 Å². The van der Waals surface area contributed by atoms with E-state index in [-0.39, 0.29) is 22.9 Å². The monoisotopic (exact) mass is 484 g/mol. The number of amides is 1. The number of aromatic nitrogens is 3. The first kappa shape index (κ1) is 22.6. The molecule has 4 aromatic rings. The third kappa shape index (κ3) is 5.27. The lowest BCUT2D eigenvalue weighted by Gasteiger charge is -2.14. The van der Waals surface area contributed by atoms with Gasteiger partial charge in [-0.1, -0.05) is 29.0 Å². The molecule has 168 valence electrons. The van der Waals surface area contributed by atoms with Crippen molar-refractivity contribution in [2.45, 2.75) is 13.5 Å². The van der Waals surface area contributed by atoms with Crippen LogP contribution in [0.4, 0.5) is 9.52 Å². The molecule has 0 radical (unpaired) electrons. The predicted octanol–water partition coefficient (Wildman–Crippen LogP) is 5.54. The van der Waals surface area contributed by atoms with Gasteiger partial charge in [-0.05, 0) is 49.4 Å². The number of anilines is 1. The second-order valence-corrected chi connectivity index (χ2v) is 8.38. The zero-order valence-electron chi connectivity index (χ0n) is 17.6. The van der Waals surface area contributed by atoms with Crippen LogP contribution < -0.4 is 14.8 Å². The molecule has 0 unspecified atom stereocenters. The van der Waals surface area contributed by atoms with Gasteiger partial charge in [0, 0.05) is 22.5 Å². The zero-order valence-corrected chi connectivity index (χ0v) is 19.2. The summed E-state index contributed by atoms with van der Waals surface area (Å²) in [5, 5.41) is 12.2. The van der Waals surface area contributed by atoms with Crippen LogP contribution in [0, 0.1) is 12.7 Å². The van der Waals surface area contributed by atoms with Gasteiger partial charge in [-0.15, -0.1) is 10.2 Å². The molecule has 0 spiro atoms. The molecule has 2 aromatic heterocycles. The number of nitrogens with zero attached hydrogens (tertiary/aromatic N) is 3. The highest BCUT2D eigenvalue weighted by atomic mass is 35.5. The van der Waals surface area contributed by atoms with E-state index in [1.54, 1.807) is 49.4 Å². The standard InChI is InChI=1S/C23H18ClFN4O3S/c1-13-10-16(21-18(25)4-3-5-19(21)31-2)17(11-26-13)22(30)27-23-29-28-20(33-23)12-32-15-8-6-14(24)7-9-15/h3-11H,12H2,1-2H3,(H,27,29,30). The van der Waals surface area contributed by atoms with Crippen molar-refractivity contribution in [2.75, 3.05) is 12.4 Å². The summed E-state index contributed by atoms with van der Waals surface area (Å²) in [5.74, 6) is -0.0581. The summed E-state index contributed by atoms with van der Waals surface area (Å²) < 4.78 is 25.7. The predicted molar refractivity (Wildman–Crippen MR) is 125 cm³/mol. The molecule has 1 amide bonds. The lowest BCUT2D eigenvalue weighted by molar-refractivity contribution is 0.102. The summed E-state index contributed by atoms with van der Waals surface area (Å²) >= 11 is 7.04. The van der Waals surface area contributed by atoms with Crippen LogP contribution >= 0.6 is 22.9 Å². The SMILES string of the molecule is COc1cccc(F)c1-c1cc(C)ncc1C(=O)Nc1nnc(COc2ccc(Cl)cc2)s1. The van der Waals surface area contributed by atoms with Crippen LogP contribution in [0.15, 0.2) is 54.7 Å². The molecule has 2 heterocycles. The maximum atomic E-state index is 14.7. The lowest BCUT2D eigenvalue weighted by Crippen LogP contribution is -2.14. The van der Waals surface area contributed by atoms with E-state index >= 15 is 0 Å². The minimum atomic E-state index is -0.508. The minimum Gasteiger partial charge on any atom is -0.496 e. The number of nitrogens with one attached hydrogen (secondary N) is 1. The quantitative estimate of drug-likeness (QED) is 0.370. The van der Waals surface area contributed by atoms with E-state index in [1.807, 2.05) is 0 Å². The fraction of sp³-hybridized carbons (Fsp3) is 0.130. The Morgan fingerprint density at radius 2 is 1.97 bits per heavy atom. The summed E-state index contributed by atoms with van der Waals surface area (Å²) in [6, 6.07) is 13.1. The second kappa shape index (κ2) is 9.93. The largest absolute Gasteiger partial charge is 0.496 e. The van der Waals surface area contributed by atoms with Crippen LogP contribution in [0.5, 0.6) is 11.5 Å². The van der Waals surface area contributed by atoms with Crippen molar-refractivity contribution in [3.05, 3.63) is 81.8 Å². The van der Waals surface area contributed by atoms with E-state index < -0.39 is 11.7 Å². The summed E-state index contributed by atoms with van der Waals surface area (Å²) in [4.78, 5) is 17.2. The molecular formula is C23H18ClFN4O3S. The number of carbonyl (C=O) groups excluding carboxylic acids is 1. The molecule has 0 atom stereocenters. The highest BCUT2D eigenvalue weighted by molar-refractivity contribution is 7.15. The average Bonchev–Trinajstić information content (AvgIpc) is 3.25. The zero-order chi connectivity index (χ0) is 23.4. The molecule has 2 aromatic carbocycles. The van der Waals surface area contributed by atoms with E-state index in [0.29, 0.717) is 32.8 Å². The average molecular weight is 485 g/mol. The Hall–Kier alpha value is -3.56. The van der Waals surface area contributed by atoms with Gasteiger partial charge in [0.05, 0.1) is 18.2 Å². The molecule has 10 heteroatoms. The van der Waals surface area contributed by atoms with Crippen molar-refractivity contribution < 1.29 is 18.7 Å². The van der Waals surface area contributed by atoms with Gasteiger partial charge >= 0.3 is 0 Å². The third-order valence-corrected chi connectivity index (χ3v) is 5.68. The van der Waals surface area contributed by atoms with Gasteiger partial charge in [0.2, 0.25) is 5.13 Å². The molecule has 0 bridgehead atoms. The molecule has 0 fully saturated rings. The molecule has 0 aliphatic rings. The first-order valence-corrected chi connectivity index (χ1v) is 11.0. The van der Waals surface area contributed by atoms with E-state index in [0.717, 1.165) is 0 Å². The molecule has 1 N–H and O–H groups in total. The lowest BCUT2D eigenvalue weighted by atomic mass is 9.98. The number of benzene rings is 2. The van der Waals surface area contributed by atoms with Crippen molar-refractivity contribution in [3.63, 3.8) is 0 Å². The molecule has 4 rings (SSSR count). The number of carbonyl (C=O) groups is 1. The van der Waals surface area contributed by atoms with E-state index in [4.69, 9.17) is 21.1 Å². The summed E-state index contributed by atoms with van der Waals surface area (Å²) in [7, 11) is 1.45. The van der Waals surface area contributed by atoms with Crippen LogP contribution in [0.3, 0.4) is 0 Å². The second-order valence-electron chi connectivity index (χ2n) is 6.89. The van der Waals surface area contributed by atoms with Gasteiger partial charge in [0.1, 0.15) is 23.9 Å². The Bertz CT molecular complexity index is 1300. The van der Waals surface area contributed by atoms with Gasteiger partial charge in [-0.2, -0.15) is 0 Å². The van der Waals surface area contributed by atoms with Crippen LogP contribution in [0.2, 0.25) is 5.02 Å². The molecular weight excluding hydrogens is 467 g/mol. The van der Waals surface area contributed by atoms with Crippen molar-refractivity contribution in [3.8, 4) is 22.6 Å². The van der Waals surface area contributed by atoms with Gasteiger partial charge in [-0.3, -0.25) is 15.1 Å². The van der Waals surface area contributed by atoms with Gasteiger partial charge in [0.25, 0.3) is 5.91 Å². The Balaban J connectivity index is 1.54. The van der Waals surface area contributed by atoms with Crippen molar-refractivity contribution in [1.29, 1.82) is 0 Å². The van der Waals surface area contributed by atoms with Crippen LogP contribution in [0.25, 0.3) is 11.1 Å². The fourth-order valence-electron chi connectivity index (χ4n) is 3.09. The molecule has 0 aliphatic heterocycles. The Labute approximate surface area is 198 Å². The van der Waals surface area contributed by atoms with E-state index in [1.165, 1.54) is 30.7 Å². The Morgan fingerprint density at radius 1 is 1.18 bits per heavy atom. The molecule has 0 aliphatic carbocycles. The number of rotatable bonds is 7. The summed E-state index contributed by atoms with van der Waals surface area (Å²) in [6.07, 6.45) is 1.40. The maximum Gasteiger partial charge on any atom is 0.259 e. The highest BCUT2D eigenvalue weighted by Crippen LogP contribution is 2.35. The normalized spacial score (nSPS) is 10.7. The Kier molecular flexibility index (Phi) is 6.81. The summed E-state index contributed by atoms with van der Waals surface area (Å²) in [6.45, 7) is 1.94. The van der Waals surface area contributed by atoms with Gasteiger partial charge < -0.3 is 9.47 Å². The molecule has 33 heavy (non-hydrogen) atoms. The molecule has 0 saturated carbocycles. The van der Waals surface area contributed by atoms with Crippen LogP contribution in [-0.2, 0) is 6.61 Å². The third-order valence-electron chi connectivity index (χ3n) is 4.61. The smallest absolute Gasteiger partial charge is 0.259 e. The van der Waals surface area contributed by atoms with Gasteiger partial charge in [0.15, 0.2) is 5.01 Å². The summed E-state index contributed by atoms with van der Waals surface area (Å²) in [5.41, 5.74) is 1.36. The highest BCUT2D eigenvalue weighted by Gasteiger charge is 2.21. The minimum absolute atomic E-state index is 0.179. The first-order chi connectivity index (χ1) is 15.9. The van der Waals surface area contributed by atoms with Crippen molar-refractivity contribution in [1.82, 2.24) is 15.2 Å². The van der Waals surface area contributed by atoms with Crippen molar-refractivity contribution in [2.24, 2.45) is 0 Å². The number of halogens is 2. The van der Waals surface area contributed by atoms with Crippen LogP contribution in [0.1, 0.15) is 21.1 Å². The van der Waals surface area contributed by atoms with E-state index in [9.17, 15) is 9.18 Å². The van der Waals surface area contributed by atoms with Crippen molar-refractivity contribution >= 4 is 34.0 Å². The molecule has 0 saturated heterocycles. The number of ether oxygens (including phenoxy) is 2. The number of aryl methyl sites for hydroxylation is 1. The number of hydrogen-bond donors (Lipinski definition) is 1. The number of methoxy groups -OCH3 is 1. The van der Waals surface area contributed by atoms with Crippen LogP contribution in [-0.4, -0.2) is 28.2 Å².